The number of amides is 3. The van der Waals surface area contributed by atoms with Crippen molar-refractivity contribution in [1.82, 2.24) is 9.97 Å². The lowest BCUT2D eigenvalue weighted by Gasteiger charge is -2.29. The number of hydrogen-bond acceptors (Lipinski definition) is 8. The van der Waals surface area contributed by atoms with Crippen molar-refractivity contribution in [3.05, 3.63) is 90.7 Å². The van der Waals surface area contributed by atoms with Crippen LogP contribution < -0.4 is 20.9 Å². The molecule has 3 N–H and O–H groups in total. The molecule has 0 aliphatic carbocycles. The maximum atomic E-state index is 14.3. The number of nitrogens with zero attached hydrogens (tertiary/aromatic N) is 3. The molecular weight excluding hydrogens is 623 g/mol. The number of ether oxygens (including phenoxy) is 1. The maximum Gasteiger partial charge on any atom is 0.323 e. The molecule has 3 amide bonds. The standard InChI is InChI=1S/C34H31FN6O5S/c1-21(42)36-30-13-11-26(20-29(30)35)38-34(43)37-25-9-6-22(7-10-25)32-39-31-19-24(23-4-3-5-27(18-23)47(2,44)45)8-12-28(31)33(40-32)41-14-16-46-17-15-41/h3-13,18-20H,14-17H2,1-2H3,(H,36,42)(H2,37,38,43). The van der Waals surface area contributed by atoms with Crippen molar-refractivity contribution < 1.29 is 27.1 Å². The van der Waals surface area contributed by atoms with Gasteiger partial charge in [0.15, 0.2) is 15.7 Å². The molecule has 1 saturated heterocycles. The number of morpholine rings is 1. The number of carbonyl (C=O) groups is 2. The highest BCUT2D eigenvalue weighted by Crippen LogP contribution is 2.32. The molecule has 47 heavy (non-hydrogen) atoms. The number of fused-ring (bicyclic) bond motifs is 1. The highest BCUT2D eigenvalue weighted by molar-refractivity contribution is 7.90. The van der Waals surface area contributed by atoms with Gasteiger partial charge >= 0.3 is 6.03 Å². The molecule has 13 heteroatoms. The molecule has 4 aromatic carbocycles. The summed E-state index contributed by atoms with van der Waals surface area (Å²) in [6.07, 6.45) is 1.18. The summed E-state index contributed by atoms with van der Waals surface area (Å²) in [5.41, 5.74) is 3.70. The van der Waals surface area contributed by atoms with E-state index >= 15 is 0 Å². The molecule has 11 nitrogen and oxygen atoms in total. The number of aromatic nitrogens is 2. The first kappa shape index (κ1) is 31.6. The average molecular weight is 655 g/mol. The summed E-state index contributed by atoms with van der Waals surface area (Å²) in [4.78, 5) is 36.1. The number of benzene rings is 4. The van der Waals surface area contributed by atoms with Crippen LogP contribution in [0.3, 0.4) is 0 Å². The molecule has 0 atom stereocenters. The Labute approximate surface area is 270 Å². The smallest absolute Gasteiger partial charge is 0.323 e. The number of nitrogens with one attached hydrogen (secondary N) is 3. The zero-order chi connectivity index (χ0) is 33.1. The van der Waals surface area contributed by atoms with Gasteiger partial charge in [-0.25, -0.2) is 27.6 Å². The molecule has 5 aromatic rings. The number of carbonyl (C=O) groups excluding carboxylic acids is 2. The van der Waals surface area contributed by atoms with Crippen LogP contribution in [0.2, 0.25) is 0 Å². The summed E-state index contributed by atoms with van der Waals surface area (Å²) < 4.78 is 44.2. The summed E-state index contributed by atoms with van der Waals surface area (Å²) in [5, 5.41) is 8.53. The second-order valence-corrected chi connectivity index (χ2v) is 13.1. The molecule has 6 rings (SSSR count). The van der Waals surface area contributed by atoms with Crippen molar-refractivity contribution in [2.45, 2.75) is 11.8 Å². The second kappa shape index (κ2) is 13.1. The lowest BCUT2D eigenvalue weighted by Crippen LogP contribution is -2.37. The van der Waals surface area contributed by atoms with E-state index in [1.54, 1.807) is 42.5 Å². The predicted molar refractivity (Wildman–Crippen MR) is 180 cm³/mol. The maximum absolute atomic E-state index is 14.3. The van der Waals surface area contributed by atoms with E-state index in [1.807, 2.05) is 24.3 Å². The summed E-state index contributed by atoms with van der Waals surface area (Å²) in [7, 11) is -3.38. The average Bonchev–Trinajstić information content (AvgIpc) is 3.05. The minimum Gasteiger partial charge on any atom is -0.378 e. The lowest BCUT2D eigenvalue weighted by atomic mass is 10.0. The number of sulfone groups is 1. The first-order chi connectivity index (χ1) is 22.5. The van der Waals surface area contributed by atoms with Crippen LogP contribution in [0.25, 0.3) is 33.4 Å². The lowest BCUT2D eigenvalue weighted by molar-refractivity contribution is -0.114. The van der Waals surface area contributed by atoms with Gasteiger partial charge in [0, 0.05) is 48.6 Å². The summed E-state index contributed by atoms with van der Waals surface area (Å²) in [5.74, 6) is 0.165. The van der Waals surface area contributed by atoms with Crippen LogP contribution in [0.15, 0.2) is 89.8 Å². The molecule has 1 aliphatic heterocycles. The van der Waals surface area contributed by atoms with Gasteiger partial charge in [-0.3, -0.25) is 4.79 Å². The number of hydrogen-bond donors (Lipinski definition) is 3. The van der Waals surface area contributed by atoms with Crippen molar-refractivity contribution in [3.8, 4) is 22.5 Å². The van der Waals surface area contributed by atoms with E-state index in [4.69, 9.17) is 14.7 Å². The minimum absolute atomic E-state index is 0.0177. The molecule has 240 valence electrons. The van der Waals surface area contributed by atoms with E-state index in [-0.39, 0.29) is 16.3 Å². The largest absolute Gasteiger partial charge is 0.378 e. The van der Waals surface area contributed by atoms with Gasteiger partial charge in [-0.05, 0) is 77.9 Å². The van der Waals surface area contributed by atoms with E-state index in [9.17, 15) is 22.4 Å². The summed E-state index contributed by atoms with van der Waals surface area (Å²) >= 11 is 0. The third kappa shape index (κ3) is 7.37. The van der Waals surface area contributed by atoms with Gasteiger partial charge in [-0.15, -0.1) is 0 Å². The van der Waals surface area contributed by atoms with Crippen molar-refractivity contribution in [2.75, 3.05) is 53.4 Å². The van der Waals surface area contributed by atoms with Crippen LogP contribution in [0.1, 0.15) is 6.92 Å². The zero-order valence-electron chi connectivity index (χ0n) is 25.6. The predicted octanol–water partition coefficient (Wildman–Crippen LogP) is 5.95. The Morgan fingerprint density at radius 3 is 2.19 bits per heavy atom. The highest BCUT2D eigenvalue weighted by Gasteiger charge is 2.19. The fraction of sp³-hybridized carbons (Fsp3) is 0.176. The van der Waals surface area contributed by atoms with Gasteiger partial charge in [0.2, 0.25) is 5.91 Å². The van der Waals surface area contributed by atoms with Crippen LogP contribution >= 0.6 is 0 Å². The van der Waals surface area contributed by atoms with Gasteiger partial charge in [0.05, 0.1) is 29.3 Å². The Hall–Kier alpha value is -5.40. The third-order valence-electron chi connectivity index (χ3n) is 7.52. The van der Waals surface area contributed by atoms with Crippen LogP contribution in [0, 0.1) is 5.82 Å². The van der Waals surface area contributed by atoms with E-state index in [0.29, 0.717) is 48.9 Å². The minimum atomic E-state index is -3.38. The van der Waals surface area contributed by atoms with E-state index < -0.39 is 27.6 Å². The van der Waals surface area contributed by atoms with Gasteiger partial charge in [-0.2, -0.15) is 0 Å². The Morgan fingerprint density at radius 2 is 1.49 bits per heavy atom. The molecule has 0 spiro atoms. The molecule has 1 aliphatic rings. The molecule has 2 heterocycles. The number of urea groups is 1. The SMILES string of the molecule is CC(=O)Nc1ccc(NC(=O)Nc2ccc(-c3nc(N4CCOCC4)c4ccc(-c5cccc(S(C)(=O)=O)c5)cc4n3)cc2)cc1F. The van der Waals surface area contributed by atoms with Gasteiger partial charge < -0.3 is 25.6 Å². The van der Waals surface area contributed by atoms with Crippen molar-refractivity contribution >= 4 is 55.6 Å². The van der Waals surface area contributed by atoms with Crippen LogP contribution in [-0.2, 0) is 19.4 Å². The fourth-order valence-electron chi connectivity index (χ4n) is 5.22. The zero-order valence-corrected chi connectivity index (χ0v) is 26.4. The molecule has 0 bridgehead atoms. The van der Waals surface area contributed by atoms with E-state index in [1.165, 1.54) is 25.3 Å². The molecule has 0 saturated carbocycles. The molecule has 0 unspecified atom stereocenters. The van der Waals surface area contributed by atoms with E-state index in [0.717, 1.165) is 28.4 Å². The van der Waals surface area contributed by atoms with Gasteiger partial charge in [0.25, 0.3) is 0 Å². The normalized spacial score (nSPS) is 13.3. The second-order valence-electron chi connectivity index (χ2n) is 11.0. The van der Waals surface area contributed by atoms with Gasteiger partial charge in [0.1, 0.15) is 11.6 Å². The first-order valence-electron chi connectivity index (χ1n) is 14.7. The van der Waals surface area contributed by atoms with Crippen molar-refractivity contribution in [1.29, 1.82) is 0 Å². The Morgan fingerprint density at radius 1 is 0.809 bits per heavy atom. The van der Waals surface area contributed by atoms with Gasteiger partial charge in [-0.1, -0.05) is 18.2 Å². The molecule has 1 fully saturated rings. The number of rotatable bonds is 7. The molecule has 0 radical (unpaired) electrons. The highest BCUT2D eigenvalue weighted by atomic mass is 32.2. The van der Waals surface area contributed by atoms with Crippen LogP contribution in [0.4, 0.5) is 32.1 Å². The number of halogens is 1. The van der Waals surface area contributed by atoms with Crippen LogP contribution in [-0.4, -0.2) is 62.9 Å². The quantitative estimate of drug-likeness (QED) is 0.196. The topological polar surface area (TPSA) is 143 Å². The third-order valence-corrected chi connectivity index (χ3v) is 8.63. The van der Waals surface area contributed by atoms with E-state index in [2.05, 4.69) is 20.9 Å². The molecule has 1 aromatic heterocycles. The molecular formula is C34H31FN6O5S. The summed E-state index contributed by atoms with van der Waals surface area (Å²) in [6, 6.07) is 23.0. The van der Waals surface area contributed by atoms with Crippen molar-refractivity contribution in [3.63, 3.8) is 0 Å². The van der Waals surface area contributed by atoms with Crippen LogP contribution in [0.5, 0.6) is 0 Å². The Bertz CT molecular complexity index is 2100. The van der Waals surface area contributed by atoms with Crippen molar-refractivity contribution in [2.24, 2.45) is 0 Å². The Kier molecular flexibility index (Phi) is 8.83. The number of anilines is 4. The summed E-state index contributed by atoms with van der Waals surface area (Å²) in [6.45, 7) is 3.76. The Balaban J connectivity index is 1.27. The first-order valence-corrected chi connectivity index (χ1v) is 16.6. The monoisotopic (exact) mass is 654 g/mol. The fourth-order valence-corrected chi connectivity index (χ4v) is 5.89.